The maximum Gasteiger partial charge on any atom is 0.224 e. The zero-order chi connectivity index (χ0) is 20.2. The highest BCUT2D eigenvalue weighted by molar-refractivity contribution is 7.73. The number of amides is 1. The molecule has 1 aliphatic heterocycles. The van der Waals surface area contributed by atoms with Gasteiger partial charge in [-0.2, -0.15) is 0 Å². The van der Waals surface area contributed by atoms with Gasteiger partial charge in [-0.15, -0.1) is 11.3 Å². The lowest BCUT2D eigenvalue weighted by Gasteiger charge is -2.06. The quantitative estimate of drug-likeness (QED) is 0.505. The molecule has 0 spiro atoms. The van der Waals surface area contributed by atoms with E-state index in [4.69, 9.17) is 12.2 Å². The molecule has 4 rings (SSSR count). The van der Waals surface area contributed by atoms with E-state index < -0.39 is 0 Å². The fraction of sp³-hybridized carbons (Fsp3) is 0.136. The monoisotopic (exact) mass is 421 g/mol. The van der Waals surface area contributed by atoms with Crippen molar-refractivity contribution < 1.29 is 9.90 Å². The van der Waals surface area contributed by atoms with Gasteiger partial charge in [0.1, 0.15) is 0 Å². The summed E-state index contributed by atoms with van der Waals surface area (Å²) >= 11 is 6.77. The fourth-order valence-electron chi connectivity index (χ4n) is 3.14. The highest BCUT2D eigenvalue weighted by atomic mass is 32.1. The molecule has 2 heterocycles. The topological polar surface area (TPSA) is 66.6 Å². The number of aromatic hydroxyl groups is 1. The van der Waals surface area contributed by atoms with Crippen LogP contribution in [0.15, 0.2) is 59.6 Å². The number of carbonyl (C=O) groups excluding carboxylic acids is 1. The Labute approximate surface area is 177 Å². The minimum atomic E-state index is -0.0569. The van der Waals surface area contributed by atoms with Gasteiger partial charge in [0.05, 0.1) is 10.6 Å². The van der Waals surface area contributed by atoms with Crippen molar-refractivity contribution in [2.75, 3.05) is 5.32 Å². The van der Waals surface area contributed by atoms with Crippen molar-refractivity contribution >= 4 is 58.7 Å². The number of hydrogen-bond donors (Lipinski definition) is 2. The number of allylic oxidation sites excluding steroid dienone is 1. The average Bonchev–Trinajstić information content (AvgIpc) is 3.25. The van der Waals surface area contributed by atoms with Crippen LogP contribution in [-0.4, -0.2) is 21.8 Å². The van der Waals surface area contributed by atoms with Gasteiger partial charge in [0.15, 0.2) is 3.95 Å². The summed E-state index contributed by atoms with van der Waals surface area (Å²) in [6, 6.07) is 17.2. The standard InChI is InChI=1S/C22H19N3O2S2/c26-20(24-16-7-2-1-3-8-16)11-6-12-25-21(27)19(29-22(25)28)13-15-14-23-18-10-5-4-9-17(15)18/h1-5,7-10,13-14,27H,6,11-12H2,(H,24,26)/b15-13+. The number of fused-ring (bicyclic) bond motifs is 1. The molecule has 3 aromatic rings. The molecule has 5 nitrogen and oxygen atoms in total. The highest BCUT2D eigenvalue weighted by Crippen LogP contribution is 2.35. The van der Waals surface area contributed by atoms with Gasteiger partial charge < -0.3 is 10.4 Å². The Balaban J connectivity index is 1.42. The SMILES string of the molecule is O=C(CCCn1c(O)c(/C=C2\C=Nc3ccccc32)sc1=S)Nc1ccccc1. The second kappa shape index (κ2) is 8.55. The molecular weight excluding hydrogens is 402 g/mol. The van der Waals surface area contributed by atoms with Gasteiger partial charge in [-0.1, -0.05) is 36.4 Å². The summed E-state index contributed by atoms with van der Waals surface area (Å²) in [4.78, 5) is 17.2. The average molecular weight is 422 g/mol. The van der Waals surface area contributed by atoms with E-state index in [1.165, 1.54) is 11.3 Å². The van der Waals surface area contributed by atoms with Gasteiger partial charge in [0.2, 0.25) is 11.8 Å². The molecule has 0 saturated heterocycles. The van der Waals surface area contributed by atoms with Crippen LogP contribution in [0.2, 0.25) is 0 Å². The molecule has 0 bridgehead atoms. The molecule has 29 heavy (non-hydrogen) atoms. The first kappa shape index (κ1) is 19.3. The third-order valence-corrected chi connectivity index (χ3v) is 5.97. The number of para-hydroxylation sites is 2. The predicted octanol–water partition coefficient (Wildman–Crippen LogP) is 5.66. The molecule has 0 saturated carbocycles. The Morgan fingerprint density at radius 1 is 1.17 bits per heavy atom. The van der Waals surface area contributed by atoms with Gasteiger partial charge >= 0.3 is 0 Å². The molecule has 1 aliphatic rings. The number of rotatable bonds is 6. The van der Waals surface area contributed by atoms with E-state index in [1.54, 1.807) is 10.8 Å². The van der Waals surface area contributed by atoms with Crippen LogP contribution in [0.3, 0.4) is 0 Å². The fourth-order valence-corrected chi connectivity index (χ4v) is 4.45. The van der Waals surface area contributed by atoms with Crippen LogP contribution in [-0.2, 0) is 11.3 Å². The van der Waals surface area contributed by atoms with E-state index in [2.05, 4.69) is 10.3 Å². The zero-order valence-corrected chi connectivity index (χ0v) is 17.2. The largest absolute Gasteiger partial charge is 0.493 e. The lowest BCUT2D eigenvalue weighted by atomic mass is 10.1. The maximum absolute atomic E-state index is 12.1. The minimum Gasteiger partial charge on any atom is -0.493 e. The number of nitrogens with zero attached hydrogens (tertiary/aromatic N) is 2. The van der Waals surface area contributed by atoms with Crippen LogP contribution in [0, 0.1) is 3.95 Å². The molecule has 1 amide bonds. The maximum atomic E-state index is 12.1. The van der Waals surface area contributed by atoms with E-state index >= 15 is 0 Å². The van der Waals surface area contributed by atoms with Gasteiger partial charge in [0, 0.05) is 36.0 Å². The molecule has 2 aromatic carbocycles. The van der Waals surface area contributed by atoms with Crippen molar-refractivity contribution in [1.29, 1.82) is 0 Å². The second-order valence-electron chi connectivity index (χ2n) is 6.60. The van der Waals surface area contributed by atoms with Gasteiger partial charge in [-0.25, -0.2) is 0 Å². The van der Waals surface area contributed by atoms with Crippen LogP contribution in [0.25, 0.3) is 11.6 Å². The van der Waals surface area contributed by atoms with Crippen LogP contribution in [0.1, 0.15) is 23.3 Å². The number of aromatic nitrogens is 1. The smallest absolute Gasteiger partial charge is 0.224 e. The minimum absolute atomic E-state index is 0.0569. The normalized spacial score (nSPS) is 13.6. The molecule has 0 unspecified atom stereocenters. The van der Waals surface area contributed by atoms with Crippen LogP contribution >= 0.6 is 23.6 Å². The third-order valence-electron chi connectivity index (χ3n) is 4.58. The number of hydrogen-bond acceptors (Lipinski definition) is 5. The van der Waals surface area contributed by atoms with Crippen molar-refractivity contribution in [3.05, 3.63) is 69.0 Å². The zero-order valence-electron chi connectivity index (χ0n) is 15.5. The summed E-state index contributed by atoms with van der Waals surface area (Å²) in [7, 11) is 0. The molecule has 0 radical (unpaired) electrons. The summed E-state index contributed by atoms with van der Waals surface area (Å²) < 4.78 is 2.27. The van der Waals surface area contributed by atoms with E-state index in [9.17, 15) is 9.90 Å². The van der Waals surface area contributed by atoms with Crippen molar-refractivity contribution in [3.63, 3.8) is 0 Å². The van der Waals surface area contributed by atoms with Crippen molar-refractivity contribution in [1.82, 2.24) is 4.57 Å². The Morgan fingerprint density at radius 3 is 2.76 bits per heavy atom. The van der Waals surface area contributed by atoms with Crippen LogP contribution in [0.5, 0.6) is 5.88 Å². The van der Waals surface area contributed by atoms with E-state index in [0.717, 1.165) is 22.5 Å². The molecule has 0 fully saturated rings. The van der Waals surface area contributed by atoms with Gasteiger partial charge in [-0.05, 0) is 42.9 Å². The number of anilines is 1. The summed E-state index contributed by atoms with van der Waals surface area (Å²) in [6.45, 7) is 0.483. The Morgan fingerprint density at radius 2 is 1.93 bits per heavy atom. The first-order valence-corrected chi connectivity index (χ1v) is 10.5. The summed E-state index contributed by atoms with van der Waals surface area (Å²) in [6.07, 6.45) is 4.63. The van der Waals surface area contributed by atoms with Crippen molar-refractivity contribution in [2.24, 2.45) is 4.99 Å². The first-order chi connectivity index (χ1) is 14.1. The molecule has 0 aliphatic carbocycles. The highest BCUT2D eigenvalue weighted by Gasteiger charge is 2.15. The molecule has 146 valence electrons. The summed E-state index contributed by atoms with van der Waals surface area (Å²) in [5.74, 6) is 0.0762. The summed E-state index contributed by atoms with van der Waals surface area (Å²) in [5.41, 5.74) is 3.68. The third kappa shape index (κ3) is 4.36. The predicted molar refractivity (Wildman–Crippen MR) is 122 cm³/mol. The molecule has 0 atom stereocenters. The van der Waals surface area contributed by atoms with Crippen molar-refractivity contribution in [2.45, 2.75) is 19.4 Å². The van der Waals surface area contributed by atoms with Gasteiger partial charge in [-0.3, -0.25) is 14.4 Å². The lowest BCUT2D eigenvalue weighted by molar-refractivity contribution is -0.116. The number of benzene rings is 2. The number of carbonyl (C=O) groups is 1. The van der Waals surface area contributed by atoms with Crippen molar-refractivity contribution in [3.8, 4) is 5.88 Å². The number of thiazole rings is 1. The van der Waals surface area contributed by atoms with E-state index in [1.807, 2.05) is 60.7 Å². The number of aliphatic imine (C=N–C) groups is 1. The first-order valence-electron chi connectivity index (χ1n) is 9.24. The van der Waals surface area contributed by atoms with Crippen LogP contribution in [0.4, 0.5) is 11.4 Å². The second-order valence-corrected chi connectivity index (χ2v) is 8.28. The lowest BCUT2D eigenvalue weighted by Crippen LogP contribution is -2.12. The van der Waals surface area contributed by atoms with Gasteiger partial charge in [0.25, 0.3) is 0 Å². The molecule has 7 heteroatoms. The van der Waals surface area contributed by atoms with E-state index in [0.29, 0.717) is 28.2 Å². The number of nitrogens with one attached hydrogen (secondary N) is 1. The summed E-state index contributed by atoms with van der Waals surface area (Å²) in [5, 5.41) is 13.5. The Hall–Kier alpha value is -3.03. The molecule has 1 aromatic heterocycles. The molecular formula is C22H19N3O2S2. The molecule has 2 N–H and O–H groups in total. The Kier molecular flexibility index (Phi) is 5.69. The van der Waals surface area contributed by atoms with E-state index in [-0.39, 0.29) is 11.8 Å². The Bertz CT molecular complexity index is 1160. The van der Waals surface area contributed by atoms with Crippen LogP contribution < -0.4 is 5.32 Å².